The Morgan fingerprint density at radius 3 is 2.68 bits per heavy atom. The molecule has 0 unspecified atom stereocenters. The zero-order valence-corrected chi connectivity index (χ0v) is 11.9. The van der Waals surface area contributed by atoms with Gasteiger partial charge in [-0.1, -0.05) is 6.07 Å². The Morgan fingerprint density at radius 2 is 2.11 bits per heavy atom. The van der Waals surface area contributed by atoms with Crippen molar-refractivity contribution in [1.29, 1.82) is 0 Å². The second kappa shape index (κ2) is 5.07. The maximum atomic E-state index is 12.0. The highest BCUT2D eigenvalue weighted by molar-refractivity contribution is 5.82. The number of aromatic nitrogens is 1. The topological polar surface area (TPSA) is 54.5 Å². The number of methoxy groups -OCH3 is 1. The predicted octanol–water partition coefficient (Wildman–Crippen LogP) is 1.44. The van der Waals surface area contributed by atoms with E-state index in [1.165, 1.54) is 0 Å². The van der Waals surface area contributed by atoms with Crippen molar-refractivity contribution < 1.29 is 9.53 Å². The Hall–Kier alpha value is -1.78. The molecule has 19 heavy (non-hydrogen) atoms. The number of hydrogen-bond donors (Lipinski definition) is 1. The lowest BCUT2D eigenvalue weighted by Crippen LogP contribution is -2.56. The average Bonchev–Trinajstić information content (AvgIpc) is 2.25. The summed E-state index contributed by atoms with van der Waals surface area (Å²) < 4.78 is 5.10. The molecule has 0 bridgehead atoms. The van der Waals surface area contributed by atoms with Crippen LogP contribution in [0.2, 0.25) is 0 Å². The fourth-order valence-corrected chi connectivity index (χ4v) is 2.00. The Bertz CT molecular complexity index is 462. The third-order valence-corrected chi connectivity index (χ3v) is 2.99. The van der Waals surface area contributed by atoms with E-state index in [2.05, 4.69) is 15.2 Å². The van der Waals surface area contributed by atoms with Gasteiger partial charge in [0.15, 0.2) is 0 Å². The second-order valence-electron chi connectivity index (χ2n) is 5.88. The van der Waals surface area contributed by atoms with E-state index in [1.807, 2.05) is 39.0 Å². The van der Waals surface area contributed by atoms with E-state index >= 15 is 0 Å². The maximum absolute atomic E-state index is 12.0. The lowest BCUT2D eigenvalue weighted by atomic mass is 9.97. The summed E-state index contributed by atoms with van der Waals surface area (Å²) in [5, 5.41) is 3.00. The zero-order valence-electron chi connectivity index (χ0n) is 11.9. The molecule has 0 radical (unpaired) electrons. The van der Waals surface area contributed by atoms with Crippen LogP contribution in [0.25, 0.3) is 0 Å². The Morgan fingerprint density at radius 1 is 1.42 bits per heavy atom. The summed E-state index contributed by atoms with van der Waals surface area (Å²) in [6, 6.07) is 5.65. The molecule has 5 nitrogen and oxygen atoms in total. The molecule has 1 fully saturated rings. The lowest BCUT2D eigenvalue weighted by Gasteiger charge is -2.40. The molecule has 1 amide bonds. The number of nitrogens with zero attached hydrogens (tertiary/aromatic N) is 2. The minimum Gasteiger partial charge on any atom is -0.481 e. The van der Waals surface area contributed by atoms with Crippen LogP contribution in [-0.2, 0) is 4.79 Å². The quantitative estimate of drug-likeness (QED) is 0.896. The van der Waals surface area contributed by atoms with Crippen molar-refractivity contribution in [2.24, 2.45) is 5.92 Å². The highest BCUT2D eigenvalue weighted by Gasteiger charge is 2.34. The van der Waals surface area contributed by atoms with Crippen LogP contribution in [0, 0.1) is 5.92 Å². The van der Waals surface area contributed by atoms with Gasteiger partial charge in [-0.2, -0.15) is 4.98 Å². The van der Waals surface area contributed by atoms with Gasteiger partial charge in [-0.05, 0) is 26.8 Å². The van der Waals surface area contributed by atoms with E-state index in [9.17, 15) is 4.79 Å². The van der Waals surface area contributed by atoms with Gasteiger partial charge < -0.3 is 15.0 Å². The first-order chi connectivity index (χ1) is 8.89. The van der Waals surface area contributed by atoms with Gasteiger partial charge in [-0.3, -0.25) is 4.79 Å². The van der Waals surface area contributed by atoms with Gasteiger partial charge in [0.1, 0.15) is 5.82 Å². The molecule has 0 saturated carbocycles. The second-order valence-corrected chi connectivity index (χ2v) is 5.88. The van der Waals surface area contributed by atoms with Gasteiger partial charge in [-0.25, -0.2) is 0 Å². The number of rotatable bonds is 3. The number of ether oxygens (including phenoxy) is 1. The molecule has 1 aromatic heterocycles. The molecule has 104 valence electrons. The van der Waals surface area contributed by atoms with Crippen molar-refractivity contribution in [2.75, 3.05) is 25.1 Å². The van der Waals surface area contributed by atoms with Crippen LogP contribution in [0.5, 0.6) is 5.88 Å². The molecule has 0 aromatic carbocycles. The summed E-state index contributed by atoms with van der Waals surface area (Å²) in [7, 11) is 1.60. The van der Waals surface area contributed by atoms with Gasteiger partial charge in [0.25, 0.3) is 0 Å². The molecule has 1 aromatic rings. The van der Waals surface area contributed by atoms with Crippen molar-refractivity contribution in [3.63, 3.8) is 0 Å². The van der Waals surface area contributed by atoms with Crippen LogP contribution in [0.3, 0.4) is 0 Å². The van der Waals surface area contributed by atoms with Gasteiger partial charge in [-0.15, -0.1) is 0 Å². The lowest BCUT2D eigenvalue weighted by molar-refractivity contribution is -0.127. The number of pyridine rings is 1. The van der Waals surface area contributed by atoms with Crippen LogP contribution < -0.4 is 15.0 Å². The van der Waals surface area contributed by atoms with Crippen molar-refractivity contribution in [3.05, 3.63) is 18.2 Å². The van der Waals surface area contributed by atoms with E-state index in [0.717, 1.165) is 5.82 Å². The van der Waals surface area contributed by atoms with Gasteiger partial charge >= 0.3 is 0 Å². The van der Waals surface area contributed by atoms with Crippen LogP contribution >= 0.6 is 0 Å². The Kier molecular flexibility index (Phi) is 3.64. The van der Waals surface area contributed by atoms with E-state index in [-0.39, 0.29) is 17.4 Å². The zero-order chi connectivity index (χ0) is 14.0. The number of hydrogen-bond acceptors (Lipinski definition) is 4. The van der Waals surface area contributed by atoms with Crippen molar-refractivity contribution in [3.8, 4) is 5.88 Å². The number of carbonyl (C=O) groups is 1. The third-order valence-electron chi connectivity index (χ3n) is 2.99. The number of carbonyl (C=O) groups excluding carboxylic acids is 1. The fraction of sp³-hybridized carbons (Fsp3) is 0.571. The van der Waals surface area contributed by atoms with E-state index < -0.39 is 0 Å². The largest absolute Gasteiger partial charge is 0.481 e. The molecule has 0 aliphatic carbocycles. The summed E-state index contributed by atoms with van der Waals surface area (Å²) >= 11 is 0. The normalized spacial score (nSPS) is 15.9. The molecular weight excluding hydrogens is 242 g/mol. The smallest absolute Gasteiger partial charge is 0.227 e. The minimum absolute atomic E-state index is 0.0484. The van der Waals surface area contributed by atoms with E-state index in [1.54, 1.807) is 7.11 Å². The molecule has 2 rings (SSSR count). The Labute approximate surface area is 114 Å². The Balaban J connectivity index is 1.90. The molecule has 1 saturated heterocycles. The van der Waals surface area contributed by atoms with Crippen LogP contribution in [0.1, 0.15) is 20.8 Å². The van der Waals surface area contributed by atoms with Gasteiger partial charge in [0, 0.05) is 24.7 Å². The molecule has 2 heterocycles. The molecule has 5 heteroatoms. The number of nitrogens with one attached hydrogen (secondary N) is 1. The number of anilines is 1. The van der Waals surface area contributed by atoms with Crippen LogP contribution in [-0.4, -0.2) is 36.6 Å². The molecule has 1 N–H and O–H groups in total. The number of amides is 1. The van der Waals surface area contributed by atoms with E-state index in [4.69, 9.17) is 4.74 Å². The predicted molar refractivity (Wildman–Crippen MR) is 74.4 cm³/mol. The van der Waals surface area contributed by atoms with Gasteiger partial charge in [0.05, 0.1) is 13.0 Å². The summed E-state index contributed by atoms with van der Waals surface area (Å²) in [5.41, 5.74) is -0.175. The minimum atomic E-state index is -0.175. The molecule has 0 atom stereocenters. The summed E-state index contributed by atoms with van der Waals surface area (Å²) in [4.78, 5) is 18.4. The first kappa shape index (κ1) is 13.6. The maximum Gasteiger partial charge on any atom is 0.227 e. The summed E-state index contributed by atoms with van der Waals surface area (Å²) in [6.45, 7) is 7.39. The van der Waals surface area contributed by atoms with E-state index in [0.29, 0.717) is 19.0 Å². The molecular formula is C14H21N3O2. The van der Waals surface area contributed by atoms with Crippen molar-refractivity contribution >= 4 is 11.7 Å². The fourth-order valence-electron chi connectivity index (χ4n) is 2.00. The van der Waals surface area contributed by atoms with Gasteiger partial charge in [0.2, 0.25) is 11.8 Å². The summed E-state index contributed by atoms with van der Waals surface area (Å²) in [5.74, 6) is 1.62. The highest BCUT2D eigenvalue weighted by atomic mass is 16.5. The SMILES string of the molecule is COc1cccc(N2CC(C(=O)NC(C)(C)C)C2)n1. The molecule has 1 aliphatic rings. The first-order valence-corrected chi connectivity index (χ1v) is 6.47. The first-order valence-electron chi connectivity index (χ1n) is 6.47. The average molecular weight is 263 g/mol. The van der Waals surface area contributed by atoms with Crippen LogP contribution in [0.15, 0.2) is 18.2 Å². The van der Waals surface area contributed by atoms with Crippen molar-refractivity contribution in [2.45, 2.75) is 26.3 Å². The third kappa shape index (κ3) is 3.36. The van der Waals surface area contributed by atoms with Crippen LogP contribution in [0.4, 0.5) is 5.82 Å². The van der Waals surface area contributed by atoms with Crippen molar-refractivity contribution in [1.82, 2.24) is 10.3 Å². The standard InChI is InChI=1S/C14H21N3O2/c1-14(2,3)16-13(18)10-8-17(9-10)11-6-5-7-12(15-11)19-4/h5-7,10H,8-9H2,1-4H3,(H,16,18). The summed E-state index contributed by atoms with van der Waals surface area (Å²) in [6.07, 6.45) is 0. The molecule has 0 spiro atoms. The molecule has 1 aliphatic heterocycles. The monoisotopic (exact) mass is 263 g/mol. The highest BCUT2D eigenvalue weighted by Crippen LogP contribution is 2.24.